The van der Waals surface area contributed by atoms with Gasteiger partial charge in [0.25, 0.3) is 0 Å². The Morgan fingerprint density at radius 2 is 2.14 bits per heavy atom. The van der Waals surface area contributed by atoms with Gasteiger partial charge in [-0.1, -0.05) is 12.8 Å². The summed E-state index contributed by atoms with van der Waals surface area (Å²) >= 11 is 1.57. The number of thiazole rings is 1. The van der Waals surface area contributed by atoms with Crippen molar-refractivity contribution in [2.75, 3.05) is 5.32 Å². The summed E-state index contributed by atoms with van der Waals surface area (Å²) in [6.45, 7) is 2.19. The molecule has 21 heavy (non-hydrogen) atoms. The largest absolute Gasteiger partial charge is 0.324 e. The number of carbonyl (C=O) groups excluding carboxylic acids is 1. The number of aromatic nitrogens is 1. The van der Waals surface area contributed by atoms with Crippen molar-refractivity contribution in [2.45, 2.75) is 69.9 Å². The zero-order valence-corrected chi connectivity index (χ0v) is 13.4. The third-order valence-electron chi connectivity index (χ3n) is 5.31. The van der Waals surface area contributed by atoms with E-state index in [1.54, 1.807) is 11.3 Å². The average molecular weight is 305 g/mol. The molecule has 0 radical (unpaired) electrons. The van der Waals surface area contributed by atoms with Crippen LogP contribution in [0.25, 0.3) is 0 Å². The molecule has 2 heterocycles. The minimum Gasteiger partial charge on any atom is -0.319 e. The van der Waals surface area contributed by atoms with E-state index in [4.69, 9.17) is 0 Å². The number of amides is 2. The van der Waals surface area contributed by atoms with Crippen LogP contribution >= 0.6 is 11.3 Å². The van der Waals surface area contributed by atoms with E-state index in [0.717, 1.165) is 11.0 Å². The van der Waals surface area contributed by atoms with Crippen molar-refractivity contribution in [3.05, 3.63) is 11.1 Å². The van der Waals surface area contributed by atoms with Crippen LogP contribution in [0, 0.1) is 5.92 Å². The normalized spacial score (nSPS) is 32.0. The lowest BCUT2D eigenvalue weighted by molar-refractivity contribution is 0.168. The molecule has 3 fully saturated rings. The van der Waals surface area contributed by atoms with Crippen LogP contribution in [0.2, 0.25) is 0 Å². The fraction of sp³-hybridized carbons (Fsp3) is 0.750. The molecule has 1 N–H and O–H groups in total. The fourth-order valence-electron chi connectivity index (χ4n) is 4.12. The highest BCUT2D eigenvalue weighted by Gasteiger charge is 2.42. The van der Waals surface area contributed by atoms with Crippen LogP contribution < -0.4 is 5.32 Å². The summed E-state index contributed by atoms with van der Waals surface area (Å²) in [5.74, 6) is 1.37. The number of hydrogen-bond acceptors (Lipinski definition) is 3. The monoisotopic (exact) mass is 305 g/mol. The summed E-state index contributed by atoms with van der Waals surface area (Å²) < 4.78 is 0. The van der Waals surface area contributed by atoms with Gasteiger partial charge in [-0.3, -0.25) is 5.32 Å². The molecular weight excluding hydrogens is 282 g/mol. The second kappa shape index (κ2) is 5.27. The van der Waals surface area contributed by atoms with Gasteiger partial charge < -0.3 is 4.90 Å². The SMILES string of the molecule is CC1CC2CCCCC2N1C(=O)Nc1nc(C2CC2)cs1. The van der Waals surface area contributed by atoms with E-state index in [0.29, 0.717) is 18.0 Å². The first-order valence-corrected chi connectivity index (χ1v) is 9.15. The molecule has 0 bridgehead atoms. The molecule has 114 valence electrons. The van der Waals surface area contributed by atoms with Crippen molar-refractivity contribution >= 4 is 22.5 Å². The summed E-state index contributed by atoms with van der Waals surface area (Å²) in [5.41, 5.74) is 1.17. The van der Waals surface area contributed by atoms with Crippen LogP contribution in [0.5, 0.6) is 0 Å². The van der Waals surface area contributed by atoms with Gasteiger partial charge in [0.2, 0.25) is 0 Å². The van der Waals surface area contributed by atoms with Crippen LogP contribution in [-0.4, -0.2) is 28.0 Å². The minimum atomic E-state index is 0.0635. The molecule has 3 atom stereocenters. The lowest BCUT2D eigenvalue weighted by Crippen LogP contribution is -2.44. The summed E-state index contributed by atoms with van der Waals surface area (Å²) in [4.78, 5) is 19.3. The molecule has 2 amide bonds. The second-order valence-corrected chi connectivity index (χ2v) is 7.74. The predicted molar refractivity (Wildman–Crippen MR) is 84.8 cm³/mol. The third kappa shape index (κ3) is 2.56. The lowest BCUT2D eigenvalue weighted by Gasteiger charge is -2.32. The van der Waals surface area contributed by atoms with Crippen LogP contribution in [0.3, 0.4) is 0 Å². The standard InChI is InChI=1S/C16H23N3OS/c1-10-8-12-4-2-3-5-14(12)19(10)16(20)18-15-17-13(9-21-15)11-6-7-11/h9-12,14H,2-8H2,1H3,(H,17,18,20). The van der Waals surface area contributed by atoms with Gasteiger partial charge in [-0.2, -0.15) is 0 Å². The molecule has 5 heteroatoms. The van der Waals surface area contributed by atoms with Gasteiger partial charge in [-0.25, -0.2) is 9.78 Å². The maximum Gasteiger partial charge on any atom is 0.324 e. The van der Waals surface area contributed by atoms with Gasteiger partial charge in [0, 0.05) is 23.4 Å². The zero-order valence-electron chi connectivity index (χ0n) is 12.5. The van der Waals surface area contributed by atoms with Crippen LogP contribution in [-0.2, 0) is 0 Å². The summed E-state index contributed by atoms with van der Waals surface area (Å²) in [5, 5.41) is 5.92. The van der Waals surface area contributed by atoms with E-state index in [1.165, 1.54) is 50.6 Å². The van der Waals surface area contributed by atoms with E-state index in [-0.39, 0.29) is 6.03 Å². The maximum atomic E-state index is 12.7. The number of urea groups is 1. The second-order valence-electron chi connectivity index (χ2n) is 6.89. The van der Waals surface area contributed by atoms with E-state index in [2.05, 4.69) is 27.5 Å². The first-order chi connectivity index (χ1) is 10.2. The number of carbonyl (C=O) groups is 1. The lowest BCUT2D eigenvalue weighted by atomic mass is 9.85. The number of anilines is 1. The van der Waals surface area contributed by atoms with Crippen molar-refractivity contribution in [1.82, 2.24) is 9.88 Å². The van der Waals surface area contributed by atoms with E-state index < -0.39 is 0 Å². The average Bonchev–Trinajstić information content (AvgIpc) is 3.12. The summed E-state index contributed by atoms with van der Waals surface area (Å²) in [7, 11) is 0. The van der Waals surface area contributed by atoms with Crippen molar-refractivity contribution in [3.8, 4) is 0 Å². The topological polar surface area (TPSA) is 45.2 Å². The molecule has 1 aromatic rings. The summed E-state index contributed by atoms with van der Waals surface area (Å²) in [6.07, 6.45) is 8.74. The Bertz CT molecular complexity index is 539. The van der Waals surface area contributed by atoms with Gasteiger partial charge in [-0.15, -0.1) is 11.3 Å². The number of nitrogens with zero attached hydrogens (tertiary/aromatic N) is 2. The number of fused-ring (bicyclic) bond motifs is 1. The quantitative estimate of drug-likeness (QED) is 0.889. The number of hydrogen-bond donors (Lipinski definition) is 1. The maximum absolute atomic E-state index is 12.7. The number of rotatable bonds is 2. The molecule has 4 rings (SSSR count). The molecule has 0 spiro atoms. The molecular formula is C16H23N3OS. The molecule has 2 saturated carbocycles. The van der Waals surface area contributed by atoms with Crippen LogP contribution in [0.1, 0.15) is 63.5 Å². The Morgan fingerprint density at radius 3 is 2.95 bits per heavy atom. The highest BCUT2D eigenvalue weighted by Crippen LogP contribution is 2.42. The van der Waals surface area contributed by atoms with E-state index >= 15 is 0 Å². The summed E-state index contributed by atoms with van der Waals surface area (Å²) in [6, 6.07) is 0.881. The molecule has 1 aliphatic heterocycles. The van der Waals surface area contributed by atoms with Gasteiger partial charge in [0.1, 0.15) is 0 Å². The Balaban J connectivity index is 1.45. The van der Waals surface area contributed by atoms with Crippen LogP contribution in [0.15, 0.2) is 5.38 Å². The molecule has 2 aliphatic carbocycles. The van der Waals surface area contributed by atoms with E-state index in [1.807, 2.05) is 0 Å². The predicted octanol–water partition coefficient (Wildman–Crippen LogP) is 4.21. The zero-order chi connectivity index (χ0) is 14.4. The highest BCUT2D eigenvalue weighted by molar-refractivity contribution is 7.13. The van der Waals surface area contributed by atoms with Gasteiger partial charge in [0.05, 0.1) is 5.69 Å². The van der Waals surface area contributed by atoms with Crippen molar-refractivity contribution in [1.29, 1.82) is 0 Å². The molecule has 1 aromatic heterocycles. The Labute approximate surface area is 129 Å². The first-order valence-electron chi connectivity index (χ1n) is 8.27. The Hall–Kier alpha value is -1.10. The minimum absolute atomic E-state index is 0.0635. The van der Waals surface area contributed by atoms with Crippen LogP contribution in [0.4, 0.5) is 9.93 Å². The molecule has 3 unspecified atom stereocenters. The third-order valence-corrected chi connectivity index (χ3v) is 6.09. The van der Waals surface area contributed by atoms with Crippen molar-refractivity contribution in [3.63, 3.8) is 0 Å². The van der Waals surface area contributed by atoms with E-state index in [9.17, 15) is 4.79 Å². The highest BCUT2D eigenvalue weighted by atomic mass is 32.1. The van der Waals surface area contributed by atoms with Gasteiger partial charge >= 0.3 is 6.03 Å². The molecule has 3 aliphatic rings. The first kappa shape index (κ1) is 13.6. The Morgan fingerprint density at radius 1 is 1.33 bits per heavy atom. The number of likely N-dealkylation sites (tertiary alicyclic amines) is 1. The molecule has 0 aromatic carbocycles. The molecule has 1 saturated heterocycles. The van der Waals surface area contributed by atoms with Crippen molar-refractivity contribution in [2.24, 2.45) is 5.92 Å². The molecule has 4 nitrogen and oxygen atoms in total. The smallest absolute Gasteiger partial charge is 0.319 e. The van der Waals surface area contributed by atoms with Crippen molar-refractivity contribution < 1.29 is 4.79 Å². The fourth-order valence-corrected chi connectivity index (χ4v) is 4.91. The van der Waals surface area contributed by atoms with Gasteiger partial charge in [0.15, 0.2) is 5.13 Å². The van der Waals surface area contributed by atoms with Gasteiger partial charge in [-0.05, 0) is 44.9 Å². The Kier molecular flexibility index (Phi) is 3.40. The number of nitrogens with one attached hydrogen (secondary N) is 1.